The Hall–Kier alpha value is -3.38. The third-order valence-corrected chi connectivity index (χ3v) is 5.55. The fraction of sp³-hybridized carbons (Fsp3) is 0.0476. The summed E-state index contributed by atoms with van der Waals surface area (Å²) in [6.07, 6.45) is 1.85. The SMILES string of the molecule is N=C(N)c1cc(-c2ccccc2)c(CNC(=O)c2ccc3cc[nH]c3c2)s1. The number of rotatable bonds is 5. The van der Waals surface area contributed by atoms with Crippen molar-refractivity contribution in [2.75, 3.05) is 0 Å². The van der Waals surface area contributed by atoms with Crippen LogP contribution in [0.2, 0.25) is 0 Å². The molecule has 0 aliphatic rings. The molecule has 0 fully saturated rings. The number of thiophene rings is 1. The Bertz CT molecular complexity index is 1130. The van der Waals surface area contributed by atoms with Crippen molar-refractivity contribution in [3.63, 3.8) is 0 Å². The van der Waals surface area contributed by atoms with Gasteiger partial charge < -0.3 is 16.0 Å². The lowest BCUT2D eigenvalue weighted by Crippen LogP contribution is -2.22. The third-order valence-electron chi connectivity index (χ3n) is 4.39. The Morgan fingerprint density at radius 1 is 1.11 bits per heavy atom. The van der Waals surface area contributed by atoms with Gasteiger partial charge in [-0.2, -0.15) is 0 Å². The Kier molecular flexibility index (Phi) is 4.48. The van der Waals surface area contributed by atoms with E-state index in [-0.39, 0.29) is 11.7 Å². The molecule has 2 aromatic heterocycles. The topological polar surface area (TPSA) is 94.8 Å². The molecule has 1 amide bonds. The van der Waals surface area contributed by atoms with Crippen molar-refractivity contribution in [1.82, 2.24) is 10.3 Å². The molecule has 4 rings (SSSR count). The van der Waals surface area contributed by atoms with Gasteiger partial charge in [0.15, 0.2) is 0 Å². The van der Waals surface area contributed by atoms with Gasteiger partial charge in [-0.3, -0.25) is 10.2 Å². The summed E-state index contributed by atoms with van der Waals surface area (Å²) in [4.78, 5) is 17.4. The lowest BCUT2D eigenvalue weighted by Gasteiger charge is -2.07. The van der Waals surface area contributed by atoms with E-state index in [1.807, 2.05) is 66.9 Å². The Balaban J connectivity index is 1.58. The first kappa shape index (κ1) is 17.1. The van der Waals surface area contributed by atoms with Crippen molar-refractivity contribution in [2.24, 2.45) is 5.73 Å². The van der Waals surface area contributed by atoms with E-state index >= 15 is 0 Å². The van der Waals surface area contributed by atoms with E-state index in [9.17, 15) is 4.79 Å². The summed E-state index contributed by atoms with van der Waals surface area (Å²) >= 11 is 1.43. The van der Waals surface area contributed by atoms with Gasteiger partial charge in [-0.1, -0.05) is 36.4 Å². The largest absolute Gasteiger partial charge is 0.383 e. The van der Waals surface area contributed by atoms with E-state index in [2.05, 4.69) is 10.3 Å². The van der Waals surface area contributed by atoms with Crippen LogP contribution in [0, 0.1) is 5.41 Å². The lowest BCUT2D eigenvalue weighted by molar-refractivity contribution is 0.0951. The second-order valence-corrected chi connectivity index (χ2v) is 7.33. The molecule has 0 saturated heterocycles. The number of amidine groups is 1. The Morgan fingerprint density at radius 2 is 1.93 bits per heavy atom. The summed E-state index contributed by atoms with van der Waals surface area (Å²) in [5.74, 6) is -0.102. The van der Waals surface area contributed by atoms with E-state index in [1.165, 1.54) is 11.3 Å². The number of nitrogens with one attached hydrogen (secondary N) is 3. The molecule has 27 heavy (non-hydrogen) atoms. The van der Waals surface area contributed by atoms with Gasteiger partial charge in [0.05, 0.1) is 11.4 Å². The molecule has 0 aliphatic heterocycles. The van der Waals surface area contributed by atoms with Gasteiger partial charge in [-0.25, -0.2) is 0 Å². The number of nitrogen functional groups attached to an aromatic ring is 1. The third kappa shape index (κ3) is 3.47. The average molecular weight is 374 g/mol. The van der Waals surface area contributed by atoms with Crippen LogP contribution < -0.4 is 11.1 Å². The average Bonchev–Trinajstić information content (AvgIpc) is 3.33. The van der Waals surface area contributed by atoms with E-state index in [1.54, 1.807) is 0 Å². The standard InChI is InChI=1S/C21H18N4OS/c22-20(23)18-11-16(13-4-2-1-3-5-13)19(27-18)12-25-21(26)15-7-6-14-8-9-24-17(14)10-15/h1-11,24H,12H2,(H3,22,23)(H,25,26). The number of H-pyrrole nitrogens is 1. The summed E-state index contributed by atoms with van der Waals surface area (Å²) in [7, 11) is 0. The molecule has 0 bridgehead atoms. The summed E-state index contributed by atoms with van der Waals surface area (Å²) in [5, 5.41) is 11.8. The molecule has 0 aliphatic carbocycles. The number of nitrogens with two attached hydrogens (primary N) is 1. The zero-order chi connectivity index (χ0) is 18.8. The molecule has 5 N–H and O–H groups in total. The van der Waals surface area contributed by atoms with E-state index in [0.717, 1.165) is 26.9 Å². The predicted molar refractivity (Wildman–Crippen MR) is 110 cm³/mol. The maximum Gasteiger partial charge on any atom is 0.251 e. The number of carbonyl (C=O) groups excluding carboxylic acids is 1. The van der Waals surface area contributed by atoms with Crippen LogP contribution in [-0.4, -0.2) is 16.7 Å². The van der Waals surface area contributed by atoms with Crippen LogP contribution in [0.1, 0.15) is 20.1 Å². The highest BCUT2D eigenvalue weighted by Gasteiger charge is 2.14. The maximum absolute atomic E-state index is 12.6. The molecule has 2 aromatic carbocycles. The van der Waals surface area contributed by atoms with Crippen LogP contribution in [0.4, 0.5) is 0 Å². The van der Waals surface area contributed by atoms with Crippen LogP contribution in [0.25, 0.3) is 22.0 Å². The molecular weight excluding hydrogens is 356 g/mol. The molecule has 6 heteroatoms. The quantitative estimate of drug-likeness (QED) is 0.312. The van der Waals surface area contributed by atoms with Gasteiger partial charge >= 0.3 is 0 Å². The molecule has 0 atom stereocenters. The first-order chi connectivity index (χ1) is 13.1. The smallest absolute Gasteiger partial charge is 0.251 e. The van der Waals surface area contributed by atoms with E-state index in [0.29, 0.717) is 17.0 Å². The van der Waals surface area contributed by atoms with E-state index in [4.69, 9.17) is 11.1 Å². The van der Waals surface area contributed by atoms with Crippen LogP contribution >= 0.6 is 11.3 Å². The van der Waals surface area contributed by atoms with Crippen LogP contribution in [0.3, 0.4) is 0 Å². The summed E-state index contributed by atoms with van der Waals surface area (Å²) in [6.45, 7) is 0.379. The first-order valence-electron chi connectivity index (χ1n) is 8.49. The second kappa shape index (κ2) is 7.09. The van der Waals surface area contributed by atoms with Crippen molar-refractivity contribution in [3.05, 3.63) is 82.2 Å². The molecule has 0 unspecified atom stereocenters. The number of amides is 1. The molecule has 0 radical (unpaired) electrons. The van der Waals surface area contributed by atoms with Crippen LogP contribution in [0.5, 0.6) is 0 Å². The normalized spacial score (nSPS) is 10.8. The highest BCUT2D eigenvalue weighted by molar-refractivity contribution is 7.14. The summed E-state index contributed by atoms with van der Waals surface area (Å²) < 4.78 is 0. The molecule has 5 nitrogen and oxygen atoms in total. The number of benzene rings is 2. The van der Waals surface area contributed by atoms with Crippen molar-refractivity contribution >= 4 is 34.0 Å². The minimum Gasteiger partial charge on any atom is -0.383 e. The number of hydrogen-bond acceptors (Lipinski definition) is 3. The fourth-order valence-electron chi connectivity index (χ4n) is 3.01. The zero-order valence-electron chi connectivity index (χ0n) is 14.5. The minimum absolute atomic E-state index is 0.0342. The molecule has 4 aromatic rings. The Labute approximate surface area is 160 Å². The van der Waals surface area contributed by atoms with E-state index < -0.39 is 0 Å². The Morgan fingerprint density at radius 3 is 2.70 bits per heavy atom. The van der Waals surface area contributed by atoms with Crippen LogP contribution in [-0.2, 0) is 6.54 Å². The molecule has 2 heterocycles. The van der Waals surface area contributed by atoms with Crippen molar-refractivity contribution in [2.45, 2.75) is 6.54 Å². The molecular formula is C21H18N4OS. The highest BCUT2D eigenvalue weighted by Crippen LogP contribution is 2.31. The van der Waals surface area contributed by atoms with Crippen LogP contribution in [0.15, 0.2) is 66.9 Å². The number of aromatic amines is 1. The summed E-state index contributed by atoms with van der Waals surface area (Å²) in [5.41, 5.74) is 9.24. The van der Waals surface area contributed by atoms with Gasteiger partial charge in [0, 0.05) is 22.2 Å². The lowest BCUT2D eigenvalue weighted by atomic mass is 10.1. The van der Waals surface area contributed by atoms with Gasteiger partial charge in [-0.15, -0.1) is 11.3 Å². The maximum atomic E-state index is 12.6. The minimum atomic E-state index is -0.136. The fourth-order valence-corrected chi connectivity index (χ4v) is 3.99. The van der Waals surface area contributed by atoms with Gasteiger partial charge in [-0.05, 0) is 40.8 Å². The number of fused-ring (bicyclic) bond motifs is 1. The summed E-state index contributed by atoms with van der Waals surface area (Å²) in [6, 6.07) is 19.4. The number of hydrogen-bond donors (Lipinski definition) is 4. The van der Waals surface area contributed by atoms with Gasteiger partial charge in [0.25, 0.3) is 5.91 Å². The number of aromatic nitrogens is 1. The number of carbonyl (C=O) groups is 1. The van der Waals surface area contributed by atoms with Crippen molar-refractivity contribution < 1.29 is 4.79 Å². The van der Waals surface area contributed by atoms with Gasteiger partial charge in [0.1, 0.15) is 5.84 Å². The van der Waals surface area contributed by atoms with Crippen molar-refractivity contribution in [1.29, 1.82) is 5.41 Å². The molecule has 134 valence electrons. The second-order valence-electron chi connectivity index (χ2n) is 6.19. The zero-order valence-corrected chi connectivity index (χ0v) is 15.3. The van der Waals surface area contributed by atoms with Crippen molar-refractivity contribution in [3.8, 4) is 11.1 Å². The molecule has 0 spiro atoms. The predicted octanol–water partition coefficient (Wildman–Crippen LogP) is 4.11. The van der Waals surface area contributed by atoms with Gasteiger partial charge in [0.2, 0.25) is 0 Å². The first-order valence-corrected chi connectivity index (χ1v) is 9.31. The monoisotopic (exact) mass is 374 g/mol. The highest BCUT2D eigenvalue weighted by atomic mass is 32.1. The molecule has 0 saturated carbocycles.